The van der Waals surface area contributed by atoms with E-state index in [1.807, 2.05) is 0 Å². The van der Waals surface area contributed by atoms with Crippen LogP contribution in [0.5, 0.6) is 5.75 Å². The van der Waals surface area contributed by atoms with Gasteiger partial charge in [0.2, 0.25) is 10.0 Å². The predicted octanol–water partition coefficient (Wildman–Crippen LogP) is 0.763. The van der Waals surface area contributed by atoms with Crippen molar-refractivity contribution in [3.63, 3.8) is 0 Å². The van der Waals surface area contributed by atoms with E-state index in [1.54, 1.807) is 0 Å². The van der Waals surface area contributed by atoms with Gasteiger partial charge in [-0.05, 0) is 31.4 Å². The van der Waals surface area contributed by atoms with Crippen molar-refractivity contribution >= 4 is 15.7 Å². The second-order valence-corrected chi connectivity index (χ2v) is 6.90. The van der Waals surface area contributed by atoms with Gasteiger partial charge in [-0.3, -0.25) is 10.1 Å². The molecule has 0 aliphatic heterocycles. The van der Waals surface area contributed by atoms with Crippen LogP contribution in [-0.2, 0) is 10.0 Å². The Balaban J connectivity index is 2.23. The van der Waals surface area contributed by atoms with Crippen LogP contribution in [-0.4, -0.2) is 32.5 Å². The normalized spacial score (nSPS) is 17.0. The van der Waals surface area contributed by atoms with E-state index in [2.05, 4.69) is 4.72 Å². The van der Waals surface area contributed by atoms with Crippen LogP contribution in [0.2, 0.25) is 0 Å². The van der Waals surface area contributed by atoms with Gasteiger partial charge in [0.25, 0.3) is 0 Å². The third-order valence-corrected chi connectivity index (χ3v) is 5.02. The van der Waals surface area contributed by atoms with Crippen molar-refractivity contribution in [2.45, 2.75) is 29.7 Å². The van der Waals surface area contributed by atoms with E-state index in [4.69, 9.17) is 10.5 Å². The van der Waals surface area contributed by atoms with Gasteiger partial charge in [0.05, 0.1) is 16.9 Å². The summed E-state index contributed by atoms with van der Waals surface area (Å²) < 4.78 is 31.6. The van der Waals surface area contributed by atoms with Crippen molar-refractivity contribution < 1.29 is 18.1 Å². The molecule has 1 saturated carbocycles. The van der Waals surface area contributed by atoms with Crippen LogP contribution in [0, 0.1) is 10.1 Å². The molecule has 1 aromatic carbocycles. The number of sulfonamides is 1. The van der Waals surface area contributed by atoms with E-state index in [1.165, 1.54) is 19.2 Å². The average Bonchev–Trinajstić information content (AvgIpc) is 2.42. The predicted molar refractivity (Wildman–Crippen MR) is 75.6 cm³/mol. The molecule has 3 N–H and O–H groups in total. The van der Waals surface area contributed by atoms with Crippen LogP contribution < -0.4 is 15.2 Å². The summed E-state index contributed by atoms with van der Waals surface area (Å²) in [5, 5.41) is 10.9. The number of benzene rings is 1. The molecule has 0 spiro atoms. The zero-order valence-electron chi connectivity index (χ0n) is 11.5. The molecule has 0 radical (unpaired) electrons. The first-order valence-electron chi connectivity index (χ1n) is 6.38. The van der Waals surface area contributed by atoms with Crippen molar-refractivity contribution in [1.82, 2.24) is 4.72 Å². The van der Waals surface area contributed by atoms with Gasteiger partial charge >= 0.3 is 5.69 Å². The molecule has 2 rings (SSSR count). The number of rotatable bonds is 6. The number of nitrogens with one attached hydrogen (secondary N) is 1. The van der Waals surface area contributed by atoms with Gasteiger partial charge in [0, 0.05) is 18.2 Å². The largest absolute Gasteiger partial charge is 0.490 e. The number of methoxy groups -OCH3 is 1. The lowest BCUT2D eigenvalue weighted by Crippen LogP contribution is -2.54. The Kier molecular flexibility index (Phi) is 4.17. The number of nitrogens with two attached hydrogens (primary N) is 1. The van der Waals surface area contributed by atoms with E-state index in [9.17, 15) is 18.5 Å². The second-order valence-electron chi connectivity index (χ2n) is 5.13. The minimum absolute atomic E-state index is 0.00763. The molecule has 0 atom stereocenters. The van der Waals surface area contributed by atoms with Gasteiger partial charge in [-0.25, -0.2) is 13.1 Å². The van der Waals surface area contributed by atoms with Crippen LogP contribution >= 0.6 is 0 Å². The summed E-state index contributed by atoms with van der Waals surface area (Å²) in [4.78, 5) is 10.1. The fourth-order valence-electron chi connectivity index (χ4n) is 2.11. The highest BCUT2D eigenvalue weighted by molar-refractivity contribution is 7.89. The standard InChI is InChI=1S/C12H17N3O5S/c1-20-11-4-3-9(7-10(11)15(16)17)21(18,19)14-8-12(13)5-2-6-12/h3-4,7,14H,2,5-6,8,13H2,1H3. The Morgan fingerprint density at radius 1 is 1.48 bits per heavy atom. The molecule has 8 nitrogen and oxygen atoms in total. The summed E-state index contributed by atoms with van der Waals surface area (Å²) in [6, 6.07) is 3.50. The summed E-state index contributed by atoms with van der Waals surface area (Å²) in [5.74, 6) is 0.00763. The fourth-order valence-corrected chi connectivity index (χ4v) is 3.27. The lowest BCUT2D eigenvalue weighted by molar-refractivity contribution is -0.386. The Morgan fingerprint density at radius 2 is 2.14 bits per heavy atom. The van der Waals surface area contributed by atoms with Gasteiger partial charge < -0.3 is 10.5 Å². The van der Waals surface area contributed by atoms with E-state index >= 15 is 0 Å². The van der Waals surface area contributed by atoms with E-state index in [-0.39, 0.29) is 17.2 Å². The molecular formula is C12H17N3O5S. The maximum absolute atomic E-state index is 12.2. The number of hydrogen-bond donors (Lipinski definition) is 2. The van der Waals surface area contributed by atoms with E-state index in [0.717, 1.165) is 25.3 Å². The smallest absolute Gasteiger partial charge is 0.312 e. The minimum atomic E-state index is -3.84. The molecule has 0 heterocycles. The molecule has 0 bridgehead atoms. The first-order chi connectivity index (χ1) is 9.77. The summed E-state index contributed by atoms with van der Waals surface area (Å²) in [6.45, 7) is 0.120. The molecule has 1 aromatic rings. The maximum Gasteiger partial charge on any atom is 0.312 e. The monoisotopic (exact) mass is 315 g/mol. The minimum Gasteiger partial charge on any atom is -0.490 e. The molecule has 0 amide bonds. The quantitative estimate of drug-likeness (QED) is 0.590. The first kappa shape index (κ1) is 15.7. The summed E-state index contributed by atoms with van der Waals surface area (Å²) in [7, 11) is -2.56. The van der Waals surface area contributed by atoms with Crippen LogP contribution in [0.1, 0.15) is 19.3 Å². The van der Waals surface area contributed by atoms with Gasteiger partial charge in [0.15, 0.2) is 5.75 Å². The molecule has 1 aliphatic carbocycles. The van der Waals surface area contributed by atoms with Crippen LogP contribution in [0.4, 0.5) is 5.69 Å². The van der Waals surface area contributed by atoms with E-state index in [0.29, 0.717) is 0 Å². The Morgan fingerprint density at radius 3 is 2.62 bits per heavy atom. The van der Waals surface area contributed by atoms with Crippen LogP contribution in [0.25, 0.3) is 0 Å². The number of hydrogen-bond acceptors (Lipinski definition) is 6. The summed E-state index contributed by atoms with van der Waals surface area (Å²) in [6.07, 6.45) is 2.50. The maximum atomic E-state index is 12.2. The Bertz CT molecular complexity index is 655. The zero-order chi connectivity index (χ0) is 15.7. The SMILES string of the molecule is COc1ccc(S(=O)(=O)NCC2(N)CCC2)cc1[N+](=O)[O-]. The van der Waals surface area contributed by atoms with Gasteiger partial charge in [-0.2, -0.15) is 0 Å². The molecule has 0 aromatic heterocycles. The summed E-state index contributed by atoms with van der Waals surface area (Å²) in [5.41, 5.74) is 5.05. The van der Waals surface area contributed by atoms with Gasteiger partial charge in [-0.1, -0.05) is 0 Å². The van der Waals surface area contributed by atoms with Crippen molar-refractivity contribution in [3.8, 4) is 5.75 Å². The highest BCUT2D eigenvalue weighted by Gasteiger charge is 2.34. The first-order valence-corrected chi connectivity index (χ1v) is 7.87. The van der Waals surface area contributed by atoms with E-state index < -0.39 is 26.2 Å². The number of ether oxygens (including phenoxy) is 1. The fraction of sp³-hybridized carbons (Fsp3) is 0.500. The molecule has 21 heavy (non-hydrogen) atoms. The molecule has 116 valence electrons. The third-order valence-electron chi connectivity index (χ3n) is 3.62. The third kappa shape index (κ3) is 3.31. The molecule has 9 heteroatoms. The van der Waals surface area contributed by atoms with Crippen molar-refractivity contribution in [1.29, 1.82) is 0 Å². The Hall–Kier alpha value is -1.71. The average molecular weight is 315 g/mol. The number of nitro benzene ring substituents is 1. The molecule has 1 aliphatic rings. The summed E-state index contributed by atoms with van der Waals surface area (Å²) >= 11 is 0. The van der Waals surface area contributed by atoms with Crippen molar-refractivity contribution in [2.75, 3.05) is 13.7 Å². The highest BCUT2D eigenvalue weighted by atomic mass is 32.2. The van der Waals surface area contributed by atoms with Crippen LogP contribution in [0.3, 0.4) is 0 Å². The lowest BCUT2D eigenvalue weighted by atomic mass is 9.78. The van der Waals surface area contributed by atoms with Gasteiger partial charge in [-0.15, -0.1) is 0 Å². The molecule has 1 fully saturated rings. The topological polar surface area (TPSA) is 125 Å². The van der Waals surface area contributed by atoms with Crippen LogP contribution in [0.15, 0.2) is 23.1 Å². The molecule has 0 unspecified atom stereocenters. The molecular weight excluding hydrogens is 298 g/mol. The van der Waals surface area contributed by atoms with Gasteiger partial charge in [0.1, 0.15) is 0 Å². The second kappa shape index (κ2) is 5.58. The lowest BCUT2D eigenvalue weighted by Gasteiger charge is -2.37. The zero-order valence-corrected chi connectivity index (χ0v) is 12.4. The van der Waals surface area contributed by atoms with Crippen molar-refractivity contribution in [2.24, 2.45) is 5.73 Å². The Labute approximate surface area is 122 Å². The number of nitro groups is 1. The highest BCUT2D eigenvalue weighted by Crippen LogP contribution is 2.31. The number of nitrogens with zero attached hydrogens (tertiary/aromatic N) is 1. The van der Waals surface area contributed by atoms with Crippen molar-refractivity contribution in [3.05, 3.63) is 28.3 Å². The molecule has 0 saturated heterocycles.